The predicted octanol–water partition coefficient (Wildman–Crippen LogP) is 3.52. The summed E-state index contributed by atoms with van der Waals surface area (Å²) in [6.45, 7) is 14.7. The molecule has 19 heavy (non-hydrogen) atoms. The third-order valence-corrected chi connectivity index (χ3v) is 5.42. The largest absolute Gasteiger partial charge is 0.310 e. The van der Waals surface area contributed by atoms with Gasteiger partial charge in [0.2, 0.25) is 0 Å². The van der Waals surface area contributed by atoms with Crippen LogP contribution in [0.5, 0.6) is 0 Å². The lowest BCUT2D eigenvalue weighted by molar-refractivity contribution is 0.142. The first-order valence-electron chi connectivity index (χ1n) is 8.50. The Balaban J connectivity index is 1.98. The number of nitrogens with zero attached hydrogens (tertiary/aromatic N) is 1. The van der Waals surface area contributed by atoms with Gasteiger partial charge in [-0.15, -0.1) is 0 Å². The third-order valence-electron chi connectivity index (χ3n) is 5.42. The average Bonchev–Trinajstić information content (AvgIpc) is 2.68. The van der Waals surface area contributed by atoms with E-state index in [-0.39, 0.29) is 0 Å². The van der Waals surface area contributed by atoms with Crippen molar-refractivity contribution >= 4 is 0 Å². The summed E-state index contributed by atoms with van der Waals surface area (Å²) in [6.07, 6.45) is 6.98. The highest BCUT2D eigenvalue weighted by molar-refractivity contribution is 4.97. The van der Waals surface area contributed by atoms with Crippen LogP contribution in [-0.4, -0.2) is 36.6 Å². The maximum absolute atomic E-state index is 3.88. The van der Waals surface area contributed by atoms with Crippen LogP contribution in [0.25, 0.3) is 0 Å². The van der Waals surface area contributed by atoms with Crippen LogP contribution in [0.2, 0.25) is 0 Å². The van der Waals surface area contributed by atoms with E-state index < -0.39 is 0 Å². The zero-order valence-electron chi connectivity index (χ0n) is 13.5. The zero-order chi connectivity index (χ0) is 13.9. The molecular weight excluding hydrogens is 232 g/mol. The highest BCUT2D eigenvalue weighted by Gasteiger charge is 2.37. The molecule has 2 rings (SSSR count). The van der Waals surface area contributed by atoms with Gasteiger partial charge in [-0.2, -0.15) is 0 Å². The fourth-order valence-corrected chi connectivity index (χ4v) is 4.25. The van der Waals surface area contributed by atoms with Gasteiger partial charge in [0.1, 0.15) is 0 Å². The van der Waals surface area contributed by atoms with Gasteiger partial charge in [-0.1, -0.05) is 40.5 Å². The summed E-state index contributed by atoms with van der Waals surface area (Å²) in [5.41, 5.74) is 0.467. The molecule has 2 fully saturated rings. The quantitative estimate of drug-likeness (QED) is 0.837. The SMILES string of the molecule is CC(C)C(CN1CCCNC2(CCCC2)C1)C(C)C. The van der Waals surface area contributed by atoms with Crippen molar-refractivity contribution in [1.82, 2.24) is 10.2 Å². The zero-order valence-corrected chi connectivity index (χ0v) is 13.5. The van der Waals surface area contributed by atoms with Crippen LogP contribution in [-0.2, 0) is 0 Å². The van der Waals surface area contributed by atoms with E-state index in [9.17, 15) is 0 Å². The van der Waals surface area contributed by atoms with Gasteiger partial charge in [0.05, 0.1) is 0 Å². The predicted molar refractivity (Wildman–Crippen MR) is 83.4 cm³/mol. The Morgan fingerprint density at radius 3 is 2.21 bits per heavy atom. The minimum atomic E-state index is 0.467. The van der Waals surface area contributed by atoms with Crippen molar-refractivity contribution in [2.24, 2.45) is 17.8 Å². The van der Waals surface area contributed by atoms with E-state index in [1.807, 2.05) is 0 Å². The summed E-state index contributed by atoms with van der Waals surface area (Å²) in [5.74, 6) is 2.45. The lowest BCUT2D eigenvalue weighted by atomic mass is 9.84. The summed E-state index contributed by atoms with van der Waals surface area (Å²) >= 11 is 0. The van der Waals surface area contributed by atoms with E-state index in [4.69, 9.17) is 0 Å². The molecule has 1 aliphatic heterocycles. The number of nitrogens with one attached hydrogen (secondary N) is 1. The Morgan fingerprint density at radius 2 is 1.63 bits per heavy atom. The Bertz CT molecular complexity index is 258. The Morgan fingerprint density at radius 1 is 1.00 bits per heavy atom. The van der Waals surface area contributed by atoms with E-state index in [2.05, 4.69) is 37.9 Å². The van der Waals surface area contributed by atoms with Crippen LogP contribution in [0, 0.1) is 17.8 Å². The van der Waals surface area contributed by atoms with E-state index in [1.54, 1.807) is 0 Å². The van der Waals surface area contributed by atoms with Gasteiger partial charge in [-0.05, 0) is 50.1 Å². The number of hydrogen-bond acceptors (Lipinski definition) is 2. The van der Waals surface area contributed by atoms with Crippen molar-refractivity contribution in [3.8, 4) is 0 Å². The van der Waals surface area contributed by atoms with Crippen LogP contribution in [0.4, 0.5) is 0 Å². The average molecular weight is 266 g/mol. The van der Waals surface area contributed by atoms with Crippen LogP contribution >= 0.6 is 0 Å². The topological polar surface area (TPSA) is 15.3 Å². The molecule has 1 aliphatic carbocycles. The molecule has 1 saturated carbocycles. The van der Waals surface area contributed by atoms with Gasteiger partial charge in [0.25, 0.3) is 0 Å². The highest BCUT2D eigenvalue weighted by Crippen LogP contribution is 2.32. The lowest BCUT2D eigenvalue weighted by Crippen LogP contribution is -2.50. The van der Waals surface area contributed by atoms with Crippen molar-refractivity contribution < 1.29 is 0 Å². The normalized spacial score (nSPS) is 24.8. The molecule has 0 aromatic heterocycles. The van der Waals surface area contributed by atoms with Gasteiger partial charge in [-0.3, -0.25) is 0 Å². The third kappa shape index (κ3) is 3.95. The first kappa shape index (κ1) is 15.3. The molecule has 0 aromatic carbocycles. The molecule has 1 heterocycles. The molecular formula is C17H34N2. The molecule has 0 atom stereocenters. The summed E-state index contributed by atoms with van der Waals surface area (Å²) in [6, 6.07) is 0. The molecule has 1 spiro atoms. The monoisotopic (exact) mass is 266 g/mol. The molecule has 2 heteroatoms. The summed E-state index contributed by atoms with van der Waals surface area (Å²) in [7, 11) is 0. The second-order valence-electron chi connectivity index (χ2n) is 7.65. The van der Waals surface area contributed by atoms with E-state index in [0.29, 0.717) is 5.54 Å². The molecule has 2 nitrogen and oxygen atoms in total. The molecule has 112 valence electrons. The molecule has 0 aromatic rings. The van der Waals surface area contributed by atoms with Gasteiger partial charge >= 0.3 is 0 Å². The second-order valence-corrected chi connectivity index (χ2v) is 7.65. The standard InChI is InChI=1S/C17H34N2/c1-14(2)16(15(3)4)12-19-11-7-10-18-17(13-19)8-5-6-9-17/h14-16,18H,5-13H2,1-4H3. The van der Waals surface area contributed by atoms with Crippen LogP contribution in [0.1, 0.15) is 59.8 Å². The van der Waals surface area contributed by atoms with Crippen molar-refractivity contribution in [3.63, 3.8) is 0 Å². The van der Waals surface area contributed by atoms with Crippen LogP contribution < -0.4 is 5.32 Å². The fraction of sp³-hybridized carbons (Fsp3) is 1.00. The van der Waals surface area contributed by atoms with Gasteiger partial charge in [0, 0.05) is 18.6 Å². The summed E-state index contributed by atoms with van der Waals surface area (Å²) in [4.78, 5) is 2.77. The lowest BCUT2D eigenvalue weighted by Gasteiger charge is -2.37. The van der Waals surface area contributed by atoms with Crippen molar-refractivity contribution in [3.05, 3.63) is 0 Å². The second kappa shape index (κ2) is 6.58. The minimum absolute atomic E-state index is 0.467. The smallest absolute Gasteiger partial charge is 0.0308 e. The molecule has 0 bridgehead atoms. The van der Waals surface area contributed by atoms with Gasteiger partial charge < -0.3 is 10.2 Å². The minimum Gasteiger partial charge on any atom is -0.310 e. The number of hydrogen-bond donors (Lipinski definition) is 1. The Labute approximate surface area is 120 Å². The van der Waals surface area contributed by atoms with Crippen LogP contribution in [0.15, 0.2) is 0 Å². The number of rotatable bonds is 4. The molecule has 0 amide bonds. The molecule has 0 unspecified atom stereocenters. The Hall–Kier alpha value is -0.0800. The first-order chi connectivity index (χ1) is 9.02. The molecule has 2 aliphatic rings. The summed E-state index contributed by atoms with van der Waals surface area (Å²) < 4.78 is 0. The van der Waals surface area contributed by atoms with Crippen molar-refractivity contribution in [2.75, 3.05) is 26.2 Å². The van der Waals surface area contributed by atoms with E-state index in [1.165, 1.54) is 58.3 Å². The van der Waals surface area contributed by atoms with E-state index >= 15 is 0 Å². The van der Waals surface area contributed by atoms with Crippen molar-refractivity contribution in [1.29, 1.82) is 0 Å². The molecule has 0 radical (unpaired) electrons. The van der Waals surface area contributed by atoms with E-state index in [0.717, 1.165) is 17.8 Å². The van der Waals surface area contributed by atoms with Crippen molar-refractivity contribution in [2.45, 2.75) is 65.3 Å². The van der Waals surface area contributed by atoms with Gasteiger partial charge in [-0.25, -0.2) is 0 Å². The first-order valence-corrected chi connectivity index (χ1v) is 8.50. The maximum Gasteiger partial charge on any atom is 0.0308 e. The van der Waals surface area contributed by atoms with Crippen LogP contribution in [0.3, 0.4) is 0 Å². The molecule has 1 N–H and O–H groups in total. The Kier molecular flexibility index (Phi) is 5.30. The highest BCUT2D eigenvalue weighted by atomic mass is 15.2. The fourth-order valence-electron chi connectivity index (χ4n) is 4.25. The van der Waals surface area contributed by atoms with Gasteiger partial charge in [0.15, 0.2) is 0 Å². The summed E-state index contributed by atoms with van der Waals surface area (Å²) in [5, 5.41) is 3.88. The molecule has 1 saturated heterocycles. The maximum atomic E-state index is 3.88.